The molecule has 0 atom stereocenters. The Morgan fingerprint density at radius 1 is 0.884 bits per heavy atom. The zero-order chi connectivity index (χ0) is 30.5. The summed E-state index contributed by atoms with van der Waals surface area (Å²) >= 11 is 0. The van der Waals surface area contributed by atoms with E-state index in [0.717, 1.165) is 17.8 Å². The van der Waals surface area contributed by atoms with Crippen LogP contribution >= 0.6 is 0 Å². The average molecular weight is 585 g/mol. The van der Waals surface area contributed by atoms with Crippen molar-refractivity contribution >= 4 is 23.4 Å². The van der Waals surface area contributed by atoms with Crippen LogP contribution in [0.2, 0.25) is 0 Å². The third kappa shape index (κ3) is 6.51. The highest BCUT2D eigenvalue weighted by Crippen LogP contribution is 2.36. The minimum atomic E-state index is -0.317. The van der Waals surface area contributed by atoms with E-state index in [2.05, 4.69) is 21.9 Å². The summed E-state index contributed by atoms with van der Waals surface area (Å²) in [6.07, 6.45) is 1.37. The van der Waals surface area contributed by atoms with E-state index < -0.39 is 0 Å². The Bertz CT molecular complexity index is 1470. The smallest absolute Gasteiger partial charge is 0.263 e. The van der Waals surface area contributed by atoms with Crippen LogP contribution < -0.4 is 14.4 Å². The van der Waals surface area contributed by atoms with Gasteiger partial charge < -0.3 is 24.2 Å². The van der Waals surface area contributed by atoms with Crippen molar-refractivity contribution in [3.8, 4) is 11.5 Å². The summed E-state index contributed by atoms with van der Waals surface area (Å²) in [5.41, 5.74) is 3.42. The lowest BCUT2D eigenvalue weighted by molar-refractivity contribution is -0.137. The standard InChI is InChI=1S/C34H40N4O5/c1-35(2)19-20-37(22-24-9-6-5-7-10-24)32(39)25-15-17-36(18-16-25)29-12-8-11-28-31(29)34(41)38(33(28)40)23-26-13-14-27(42-3)21-30(26)43-4/h5-14,21,25H,15-20,22-23H2,1-4H3. The van der Waals surface area contributed by atoms with E-state index >= 15 is 0 Å². The van der Waals surface area contributed by atoms with Crippen LogP contribution in [0.15, 0.2) is 66.7 Å². The lowest BCUT2D eigenvalue weighted by atomic mass is 9.93. The molecule has 226 valence electrons. The van der Waals surface area contributed by atoms with Crippen LogP contribution in [0.4, 0.5) is 5.69 Å². The van der Waals surface area contributed by atoms with Crippen molar-refractivity contribution in [2.24, 2.45) is 5.92 Å². The van der Waals surface area contributed by atoms with Gasteiger partial charge in [0.05, 0.1) is 37.6 Å². The van der Waals surface area contributed by atoms with Gasteiger partial charge in [-0.1, -0.05) is 36.4 Å². The topological polar surface area (TPSA) is 82.6 Å². The highest BCUT2D eigenvalue weighted by Gasteiger charge is 2.39. The molecule has 0 aromatic heterocycles. The molecule has 3 amide bonds. The van der Waals surface area contributed by atoms with Crippen molar-refractivity contribution in [1.29, 1.82) is 0 Å². The third-order valence-electron chi connectivity index (χ3n) is 8.33. The summed E-state index contributed by atoms with van der Waals surface area (Å²) in [4.78, 5) is 48.3. The molecule has 0 bridgehead atoms. The van der Waals surface area contributed by atoms with E-state index in [9.17, 15) is 14.4 Å². The highest BCUT2D eigenvalue weighted by molar-refractivity contribution is 6.23. The Labute approximate surface area is 253 Å². The first-order valence-corrected chi connectivity index (χ1v) is 14.7. The maximum Gasteiger partial charge on any atom is 0.263 e. The molecule has 0 N–H and O–H groups in total. The first kappa shape index (κ1) is 30.1. The summed E-state index contributed by atoms with van der Waals surface area (Å²) in [5, 5.41) is 0. The number of likely N-dealkylation sites (N-methyl/N-ethyl adjacent to an activating group) is 1. The van der Waals surface area contributed by atoms with Crippen LogP contribution in [-0.4, -0.2) is 86.9 Å². The Kier molecular flexibility index (Phi) is 9.31. The zero-order valence-electron chi connectivity index (χ0n) is 25.4. The Hall–Kier alpha value is -4.37. The largest absolute Gasteiger partial charge is 0.497 e. The monoisotopic (exact) mass is 584 g/mol. The average Bonchev–Trinajstić information content (AvgIpc) is 3.28. The van der Waals surface area contributed by atoms with Gasteiger partial charge in [-0.2, -0.15) is 0 Å². The molecule has 1 fully saturated rings. The minimum Gasteiger partial charge on any atom is -0.497 e. The fourth-order valence-corrected chi connectivity index (χ4v) is 5.89. The van der Waals surface area contributed by atoms with Crippen molar-refractivity contribution in [1.82, 2.24) is 14.7 Å². The molecule has 0 spiro atoms. The summed E-state index contributed by atoms with van der Waals surface area (Å²) in [6, 6.07) is 20.9. The molecule has 43 heavy (non-hydrogen) atoms. The third-order valence-corrected chi connectivity index (χ3v) is 8.33. The minimum absolute atomic E-state index is 0.0877. The number of amides is 3. The second-order valence-electron chi connectivity index (χ2n) is 11.4. The van der Waals surface area contributed by atoms with E-state index in [0.29, 0.717) is 67.2 Å². The van der Waals surface area contributed by atoms with Crippen molar-refractivity contribution in [2.45, 2.75) is 25.9 Å². The predicted octanol–water partition coefficient (Wildman–Crippen LogP) is 4.31. The van der Waals surface area contributed by atoms with Gasteiger partial charge in [0.2, 0.25) is 5.91 Å². The van der Waals surface area contributed by atoms with Crippen molar-refractivity contribution in [3.63, 3.8) is 0 Å². The van der Waals surface area contributed by atoms with Gasteiger partial charge in [0.1, 0.15) is 11.5 Å². The number of methoxy groups -OCH3 is 2. The zero-order valence-corrected chi connectivity index (χ0v) is 25.4. The fraction of sp³-hybridized carbons (Fsp3) is 0.382. The summed E-state index contributed by atoms with van der Waals surface area (Å²) < 4.78 is 10.8. The molecular formula is C34H40N4O5. The summed E-state index contributed by atoms with van der Waals surface area (Å²) in [5.74, 6) is 0.638. The number of ether oxygens (including phenoxy) is 2. The molecule has 0 aliphatic carbocycles. The van der Waals surface area contributed by atoms with Gasteiger partial charge in [0.25, 0.3) is 11.8 Å². The number of hydrogen-bond donors (Lipinski definition) is 0. The molecule has 3 aromatic carbocycles. The number of carbonyl (C=O) groups excluding carboxylic acids is 3. The predicted molar refractivity (Wildman–Crippen MR) is 166 cm³/mol. The van der Waals surface area contributed by atoms with Crippen LogP contribution in [0.1, 0.15) is 44.7 Å². The first-order valence-electron chi connectivity index (χ1n) is 14.7. The molecule has 5 rings (SSSR count). The first-order chi connectivity index (χ1) is 20.8. The van der Waals surface area contributed by atoms with E-state index in [4.69, 9.17) is 9.47 Å². The number of imide groups is 1. The molecule has 2 aliphatic heterocycles. The summed E-state index contributed by atoms with van der Waals surface area (Å²) in [7, 11) is 7.16. The molecule has 9 heteroatoms. The Balaban J connectivity index is 1.29. The second-order valence-corrected chi connectivity index (χ2v) is 11.4. The normalized spacial score (nSPS) is 15.2. The van der Waals surface area contributed by atoms with Gasteiger partial charge in [0.15, 0.2) is 0 Å². The van der Waals surface area contributed by atoms with Gasteiger partial charge in [-0.05, 0) is 56.8 Å². The molecule has 0 saturated carbocycles. The molecule has 9 nitrogen and oxygen atoms in total. The SMILES string of the molecule is COc1ccc(CN2C(=O)c3cccc(N4CCC(C(=O)N(CCN(C)C)Cc5ccccc5)CC4)c3C2=O)c(OC)c1. The van der Waals surface area contributed by atoms with Gasteiger partial charge in [-0.25, -0.2) is 0 Å². The van der Waals surface area contributed by atoms with Crippen molar-refractivity contribution < 1.29 is 23.9 Å². The van der Waals surface area contributed by atoms with E-state index in [1.165, 1.54) is 4.90 Å². The van der Waals surface area contributed by atoms with Crippen LogP contribution in [0.25, 0.3) is 0 Å². The lowest BCUT2D eigenvalue weighted by Crippen LogP contribution is -2.44. The molecule has 1 saturated heterocycles. The van der Waals surface area contributed by atoms with E-state index in [1.54, 1.807) is 32.4 Å². The van der Waals surface area contributed by atoms with Crippen LogP contribution in [0, 0.1) is 5.92 Å². The quantitative estimate of drug-likeness (QED) is 0.311. The van der Waals surface area contributed by atoms with Gasteiger partial charge >= 0.3 is 0 Å². The van der Waals surface area contributed by atoms with Gasteiger partial charge in [-0.3, -0.25) is 19.3 Å². The number of hydrogen-bond acceptors (Lipinski definition) is 7. The number of rotatable bonds is 11. The molecule has 2 aliphatic rings. The molecule has 0 unspecified atom stereocenters. The lowest BCUT2D eigenvalue weighted by Gasteiger charge is -2.36. The molecule has 0 radical (unpaired) electrons. The second kappa shape index (κ2) is 13.3. The summed E-state index contributed by atoms with van der Waals surface area (Å²) in [6.45, 7) is 3.41. The number of fused-ring (bicyclic) bond motifs is 1. The maximum atomic E-state index is 13.7. The van der Waals surface area contributed by atoms with Crippen LogP contribution in [0.3, 0.4) is 0 Å². The van der Waals surface area contributed by atoms with E-state index in [-0.39, 0.29) is 30.2 Å². The Morgan fingerprint density at radius 3 is 2.30 bits per heavy atom. The fourth-order valence-electron chi connectivity index (χ4n) is 5.89. The molecule has 3 aromatic rings. The Morgan fingerprint density at radius 2 is 1.63 bits per heavy atom. The van der Waals surface area contributed by atoms with Crippen LogP contribution in [0.5, 0.6) is 11.5 Å². The van der Waals surface area contributed by atoms with Gasteiger partial charge in [-0.15, -0.1) is 0 Å². The van der Waals surface area contributed by atoms with Gasteiger partial charge in [0, 0.05) is 50.3 Å². The highest BCUT2D eigenvalue weighted by atomic mass is 16.5. The maximum absolute atomic E-state index is 13.7. The number of benzene rings is 3. The van der Waals surface area contributed by atoms with Crippen molar-refractivity contribution in [2.75, 3.05) is 59.4 Å². The van der Waals surface area contributed by atoms with E-state index in [1.807, 2.05) is 55.4 Å². The van der Waals surface area contributed by atoms with Crippen LogP contribution in [-0.2, 0) is 17.9 Å². The molecular weight excluding hydrogens is 544 g/mol. The molecule has 2 heterocycles. The van der Waals surface area contributed by atoms with Crippen molar-refractivity contribution in [3.05, 3.63) is 89.0 Å². The number of anilines is 1. The number of carbonyl (C=O) groups is 3. The number of piperidine rings is 1. The number of nitrogens with zero attached hydrogens (tertiary/aromatic N) is 4.